The van der Waals surface area contributed by atoms with Crippen LogP contribution in [-0.2, 0) is 64.2 Å². The Labute approximate surface area is 244 Å². The molecule has 0 N–H and O–H groups in total. The molecule has 0 heterocycles. The average Bonchev–Trinajstić information content (AvgIpc) is 2.92. The van der Waals surface area contributed by atoms with Gasteiger partial charge in [0.2, 0.25) is 0 Å². The van der Waals surface area contributed by atoms with Crippen LogP contribution < -0.4 is 0 Å². The van der Waals surface area contributed by atoms with Gasteiger partial charge in [0, 0.05) is 6.92 Å². The Balaban J connectivity index is -0.000000107. The van der Waals surface area contributed by atoms with Crippen molar-refractivity contribution in [2.75, 3.05) is 0 Å². The Morgan fingerprint density at radius 3 is 0.818 bits per heavy atom. The first kappa shape index (κ1) is 43.2. The Morgan fingerprint density at radius 1 is 0.636 bits per heavy atom. The molecule has 0 amide bonds. The SMILES string of the molecule is CC#N.CC(C)[S-].CC(C)[S-].C[c-]1[c-](C)[c-](C)[c-](C)[c-]1C.Cc1c(C)c(C)[c-](C)c1C.[Ru+5].[RuH+]. The van der Waals surface area contributed by atoms with E-state index in [0.29, 0.717) is 10.5 Å². The molecular formula is C28H48NRu2S2-2. The van der Waals surface area contributed by atoms with Crippen LogP contribution in [0.25, 0.3) is 0 Å². The van der Waals surface area contributed by atoms with E-state index in [1.807, 2.05) is 27.7 Å². The maximum absolute atomic E-state index is 7.32. The molecule has 0 aliphatic rings. The summed E-state index contributed by atoms with van der Waals surface area (Å²) in [4.78, 5) is 0. The maximum atomic E-state index is 7.32. The van der Waals surface area contributed by atoms with Crippen LogP contribution in [0.15, 0.2) is 0 Å². The molecule has 0 unspecified atom stereocenters. The van der Waals surface area contributed by atoms with Gasteiger partial charge >= 0.3 is 39.0 Å². The van der Waals surface area contributed by atoms with Crippen molar-refractivity contribution in [1.29, 1.82) is 5.26 Å². The molecule has 2 radical (unpaired) electrons. The number of nitrogens with zero attached hydrogens (tertiary/aromatic N) is 1. The minimum atomic E-state index is 0. The topological polar surface area (TPSA) is 23.8 Å². The van der Waals surface area contributed by atoms with Gasteiger partial charge in [-0.1, -0.05) is 62.3 Å². The van der Waals surface area contributed by atoms with Gasteiger partial charge in [-0.05, 0) is 0 Å². The molecule has 2 rings (SSSR count). The molecule has 5 heteroatoms. The summed E-state index contributed by atoms with van der Waals surface area (Å²) in [5.74, 6) is 0. The third kappa shape index (κ3) is 18.1. The van der Waals surface area contributed by atoms with Crippen molar-refractivity contribution in [3.05, 3.63) is 55.6 Å². The molecule has 0 saturated heterocycles. The fourth-order valence-electron chi connectivity index (χ4n) is 2.81. The van der Waals surface area contributed by atoms with E-state index in [9.17, 15) is 0 Å². The second-order valence-electron chi connectivity index (χ2n) is 8.57. The third-order valence-corrected chi connectivity index (χ3v) is 5.62. The molecule has 1 nitrogen and oxygen atoms in total. The zero-order chi connectivity index (χ0) is 25.6. The molecule has 0 bridgehead atoms. The summed E-state index contributed by atoms with van der Waals surface area (Å²) >= 11 is 9.24. The standard InChI is InChI=1S/2C10H15.2C3H8S.C2H3N.2Ru.H/c2*1-6-7(2)9(4)10(5)8(6)3;2*1-3(2)4;1-2-3;;;/h2*1-5H3;2*3-4H,1-2H3;1H3;;;/q-5;-1;;;;+1;+5;/p-2. The van der Waals surface area contributed by atoms with Crippen LogP contribution >= 0.6 is 0 Å². The molecule has 0 spiro atoms. The number of rotatable bonds is 0. The van der Waals surface area contributed by atoms with Crippen molar-refractivity contribution < 1.29 is 39.0 Å². The summed E-state index contributed by atoms with van der Waals surface area (Å²) in [6, 6.07) is 1.75. The van der Waals surface area contributed by atoms with Gasteiger partial charge in [0.1, 0.15) is 0 Å². The van der Waals surface area contributed by atoms with Gasteiger partial charge in [-0.2, -0.15) is 43.6 Å². The van der Waals surface area contributed by atoms with Crippen LogP contribution in [0, 0.1) is 80.6 Å². The first-order valence-corrected chi connectivity index (χ1v) is 11.9. The van der Waals surface area contributed by atoms with Crippen LogP contribution in [0.2, 0.25) is 0 Å². The van der Waals surface area contributed by atoms with Gasteiger partial charge in [-0.15, -0.1) is 0 Å². The van der Waals surface area contributed by atoms with E-state index in [0.717, 1.165) is 0 Å². The fraction of sp³-hybridized carbons (Fsp3) is 0.607. The van der Waals surface area contributed by atoms with Gasteiger partial charge in [0.05, 0.1) is 6.07 Å². The van der Waals surface area contributed by atoms with Gasteiger partial charge in [0.15, 0.2) is 0 Å². The molecule has 0 saturated carbocycles. The van der Waals surface area contributed by atoms with Gasteiger partial charge in [-0.3, -0.25) is 0 Å². The van der Waals surface area contributed by atoms with E-state index in [-0.39, 0.29) is 39.0 Å². The van der Waals surface area contributed by atoms with Crippen LogP contribution in [0.4, 0.5) is 0 Å². The summed E-state index contributed by atoms with van der Waals surface area (Å²) in [5, 5.41) is 8.15. The molecule has 0 atom stereocenters. The predicted molar refractivity (Wildman–Crippen MR) is 149 cm³/mol. The molecule has 33 heavy (non-hydrogen) atoms. The zero-order valence-corrected chi connectivity index (χ0v) is 28.9. The van der Waals surface area contributed by atoms with Crippen molar-refractivity contribution in [1.82, 2.24) is 0 Å². The molecule has 195 valence electrons. The van der Waals surface area contributed by atoms with Crippen LogP contribution in [0.5, 0.6) is 0 Å². The second-order valence-corrected chi connectivity index (χ2v) is 10.5. The molecule has 0 aromatic heterocycles. The molecule has 0 aliphatic heterocycles. The van der Waals surface area contributed by atoms with Crippen molar-refractivity contribution >= 4 is 25.3 Å². The van der Waals surface area contributed by atoms with E-state index in [1.54, 1.807) is 6.07 Å². The molecular weight excluding hydrogens is 617 g/mol. The number of nitriles is 1. The molecule has 2 aromatic carbocycles. The van der Waals surface area contributed by atoms with E-state index < -0.39 is 0 Å². The van der Waals surface area contributed by atoms with Crippen molar-refractivity contribution in [2.45, 2.75) is 114 Å². The Kier molecular flexibility index (Phi) is 29.6. The summed E-state index contributed by atoms with van der Waals surface area (Å²) in [6.45, 7) is 31.3. The summed E-state index contributed by atoms with van der Waals surface area (Å²) in [5.41, 5.74) is 14.7. The second kappa shape index (κ2) is 22.6. The first-order valence-electron chi connectivity index (χ1n) is 11.0. The van der Waals surface area contributed by atoms with Crippen molar-refractivity contribution in [2.24, 2.45) is 0 Å². The zero-order valence-electron chi connectivity index (χ0n) is 23.6. The van der Waals surface area contributed by atoms with Crippen LogP contribution in [0.1, 0.15) is 90.3 Å². The predicted octanol–water partition coefficient (Wildman–Crippen LogP) is 8.04. The van der Waals surface area contributed by atoms with E-state index in [1.165, 1.54) is 62.6 Å². The third-order valence-electron chi connectivity index (χ3n) is 5.62. The monoisotopic (exact) mass is 666 g/mol. The minimum absolute atomic E-state index is 0. The fourth-order valence-corrected chi connectivity index (χ4v) is 2.81. The number of hydrogen-bond donors (Lipinski definition) is 0. The van der Waals surface area contributed by atoms with E-state index in [2.05, 4.69) is 94.5 Å². The quantitative estimate of drug-likeness (QED) is 0.162. The first-order chi connectivity index (χ1) is 14.0. The summed E-state index contributed by atoms with van der Waals surface area (Å²) < 4.78 is 0. The van der Waals surface area contributed by atoms with Gasteiger partial charge < -0.3 is 53.1 Å². The average molecular weight is 665 g/mol. The summed E-state index contributed by atoms with van der Waals surface area (Å²) in [7, 11) is 0. The molecule has 0 fully saturated rings. The Morgan fingerprint density at radius 2 is 0.758 bits per heavy atom. The van der Waals surface area contributed by atoms with Gasteiger partial charge in [-0.25, -0.2) is 34.6 Å². The Hall–Kier alpha value is 0.137. The van der Waals surface area contributed by atoms with E-state index in [4.69, 9.17) is 5.26 Å². The summed E-state index contributed by atoms with van der Waals surface area (Å²) in [6.07, 6.45) is 0. The van der Waals surface area contributed by atoms with Crippen molar-refractivity contribution in [3.63, 3.8) is 0 Å². The number of hydrogen-bond acceptors (Lipinski definition) is 3. The molecule has 2 aromatic rings. The normalized spacial score (nSPS) is 8.79. The Bertz CT molecular complexity index is 579. The molecule has 0 aliphatic carbocycles. The van der Waals surface area contributed by atoms with Crippen LogP contribution in [-0.4, -0.2) is 10.5 Å². The van der Waals surface area contributed by atoms with Crippen LogP contribution in [0.3, 0.4) is 0 Å². The van der Waals surface area contributed by atoms with Gasteiger partial charge in [0.25, 0.3) is 0 Å². The van der Waals surface area contributed by atoms with E-state index >= 15 is 0 Å². The van der Waals surface area contributed by atoms with Crippen molar-refractivity contribution in [3.8, 4) is 6.07 Å².